The van der Waals surface area contributed by atoms with Gasteiger partial charge < -0.3 is 10.1 Å². The standard InChI is InChI=1S/C21H25NO3/c1-3-7-16-10-12-17(13-11-16)19(23)14-15-21(24)22-18-8-5-6-9-20(18)25-4-2/h5-6,8-13H,3-4,7,14-15H2,1-2H3,(H,22,24). The number of Topliss-reactive ketones (excluding diaryl/α,β-unsaturated/α-hetero) is 1. The zero-order valence-electron chi connectivity index (χ0n) is 14.9. The van der Waals surface area contributed by atoms with E-state index in [-0.39, 0.29) is 24.5 Å². The number of hydrogen-bond acceptors (Lipinski definition) is 3. The highest BCUT2D eigenvalue weighted by atomic mass is 16.5. The molecule has 0 radical (unpaired) electrons. The minimum Gasteiger partial charge on any atom is -0.492 e. The minimum atomic E-state index is -0.192. The van der Waals surface area contributed by atoms with Crippen molar-refractivity contribution in [2.45, 2.75) is 39.5 Å². The van der Waals surface area contributed by atoms with Crippen molar-refractivity contribution in [3.05, 3.63) is 59.7 Å². The van der Waals surface area contributed by atoms with Crippen LogP contribution in [0.1, 0.15) is 49.0 Å². The van der Waals surface area contributed by atoms with Crippen molar-refractivity contribution < 1.29 is 14.3 Å². The molecule has 1 N–H and O–H groups in total. The first-order valence-electron chi connectivity index (χ1n) is 8.77. The molecule has 2 aromatic rings. The van der Waals surface area contributed by atoms with Crippen LogP contribution in [0, 0.1) is 0 Å². The van der Waals surface area contributed by atoms with E-state index in [0.29, 0.717) is 23.6 Å². The molecule has 4 heteroatoms. The van der Waals surface area contributed by atoms with Crippen molar-refractivity contribution in [1.82, 2.24) is 0 Å². The zero-order valence-corrected chi connectivity index (χ0v) is 14.9. The van der Waals surface area contributed by atoms with E-state index < -0.39 is 0 Å². The molecule has 0 aliphatic heterocycles. The van der Waals surface area contributed by atoms with Crippen LogP contribution >= 0.6 is 0 Å². The fourth-order valence-electron chi connectivity index (χ4n) is 2.58. The van der Waals surface area contributed by atoms with E-state index in [0.717, 1.165) is 12.8 Å². The SMILES string of the molecule is CCCc1ccc(C(=O)CCC(=O)Nc2ccccc2OCC)cc1. The van der Waals surface area contributed by atoms with Crippen molar-refractivity contribution in [2.24, 2.45) is 0 Å². The zero-order chi connectivity index (χ0) is 18.1. The second kappa shape index (κ2) is 9.62. The molecule has 0 aliphatic rings. The second-order valence-corrected chi connectivity index (χ2v) is 5.85. The Hall–Kier alpha value is -2.62. The summed E-state index contributed by atoms with van der Waals surface area (Å²) in [7, 11) is 0. The van der Waals surface area contributed by atoms with Gasteiger partial charge in [-0.25, -0.2) is 0 Å². The Balaban J connectivity index is 1.88. The molecule has 0 bridgehead atoms. The Kier molecular flexibility index (Phi) is 7.20. The molecule has 0 saturated heterocycles. The van der Waals surface area contributed by atoms with E-state index in [1.54, 1.807) is 6.07 Å². The van der Waals surface area contributed by atoms with Gasteiger partial charge in [-0.15, -0.1) is 0 Å². The molecule has 2 aromatic carbocycles. The van der Waals surface area contributed by atoms with Gasteiger partial charge in [0.25, 0.3) is 0 Å². The Morgan fingerprint density at radius 1 is 0.960 bits per heavy atom. The van der Waals surface area contributed by atoms with E-state index in [1.807, 2.05) is 49.4 Å². The lowest BCUT2D eigenvalue weighted by Crippen LogP contribution is -2.14. The van der Waals surface area contributed by atoms with Gasteiger partial charge in [-0.3, -0.25) is 9.59 Å². The number of anilines is 1. The van der Waals surface area contributed by atoms with E-state index in [2.05, 4.69) is 12.2 Å². The van der Waals surface area contributed by atoms with E-state index in [9.17, 15) is 9.59 Å². The molecular formula is C21H25NO3. The first-order valence-corrected chi connectivity index (χ1v) is 8.77. The van der Waals surface area contributed by atoms with Gasteiger partial charge in [0.15, 0.2) is 5.78 Å². The van der Waals surface area contributed by atoms with Crippen LogP contribution < -0.4 is 10.1 Å². The molecule has 132 valence electrons. The molecule has 0 aliphatic carbocycles. The predicted octanol–water partition coefficient (Wildman–Crippen LogP) is 4.64. The molecule has 0 fully saturated rings. The largest absolute Gasteiger partial charge is 0.492 e. The number of ketones is 1. The van der Waals surface area contributed by atoms with Gasteiger partial charge in [0.05, 0.1) is 12.3 Å². The third kappa shape index (κ3) is 5.75. The first kappa shape index (κ1) is 18.7. The third-order valence-corrected chi connectivity index (χ3v) is 3.85. The van der Waals surface area contributed by atoms with Crippen LogP contribution in [-0.2, 0) is 11.2 Å². The molecule has 0 heterocycles. The van der Waals surface area contributed by atoms with Crippen molar-refractivity contribution in [3.8, 4) is 5.75 Å². The van der Waals surface area contributed by atoms with Crippen molar-refractivity contribution in [2.75, 3.05) is 11.9 Å². The Labute approximate surface area is 149 Å². The topological polar surface area (TPSA) is 55.4 Å². The summed E-state index contributed by atoms with van der Waals surface area (Å²) in [4.78, 5) is 24.4. The number of aryl methyl sites for hydroxylation is 1. The average molecular weight is 339 g/mol. The van der Waals surface area contributed by atoms with E-state index in [4.69, 9.17) is 4.74 Å². The Morgan fingerprint density at radius 3 is 2.36 bits per heavy atom. The van der Waals surface area contributed by atoms with Crippen molar-refractivity contribution >= 4 is 17.4 Å². The van der Waals surface area contributed by atoms with Gasteiger partial charge >= 0.3 is 0 Å². The summed E-state index contributed by atoms with van der Waals surface area (Å²) < 4.78 is 5.48. The average Bonchev–Trinajstić information content (AvgIpc) is 2.62. The molecule has 0 saturated carbocycles. The normalized spacial score (nSPS) is 10.3. The highest BCUT2D eigenvalue weighted by Crippen LogP contribution is 2.24. The molecule has 25 heavy (non-hydrogen) atoms. The number of benzene rings is 2. The van der Waals surface area contributed by atoms with Crippen LogP contribution in [0.25, 0.3) is 0 Å². The van der Waals surface area contributed by atoms with Crippen LogP contribution in [-0.4, -0.2) is 18.3 Å². The number of carbonyl (C=O) groups excluding carboxylic acids is 2. The number of hydrogen-bond donors (Lipinski definition) is 1. The van der Waals surface area contributed by atoms with Gasteiger partial charge in [-0.1, -0.05) is 49.7 Å². The fraction of sp³-hybridized carbons (Fsp3) is 0.333. The number of para-hydroxylation sites is 2. The van der Waals surface area contributed by atoms with E-state index >= 15 is 0 Å². The van der Waals surface area contributed by atoms with Crippen LogP contribution in [0.3, 0.4) is 0 Å². The summed E-state index contributed by atoms with van der Waals surface area (Å²) >= 11 is 0. The maximum absolute atomic E-state index is 12.2. The molecular weight excluding hydrogens is 314 g/mol. The lowest BCUT2D eigenvalue weighted by Gasteiger charge is -2.11. The van der Waals surface area contributed by atoms with Crippen LogP contribution in [0.15, 0.2) is 48.5 Å². The summed E-state index contributed by atoms with van der Waals surface area (Å²) in [6.07, 6.45) is 2.43. The number of rotatable bonds is 9. The maximum atomic E-state index is 12.2. The van der Waals surface area contributed by atoms with Crippen LogP contribution in [0.2, 0.25) is 0 Å². The summed E-state index contributed by atoms with van der Waals surface area (Å²) in [6.45, 7) is 4.55. The lowest BCUT2D eigenvalue weighted by atomic mass is 10.0. The van der Waals surface area contributed by atoms with Gasteiger partial charge in [0, 0.05) is 18.4 Å². The third-order valence-electron chi connectivity index (χ3n) is 3.85. The van der Waals surface area contributed by atoms with E-state index in [1.165, 1.54) is 5.56 Å². The predicted molar refractivity (Wildman–Crippen MR) is 100 cm³/mol. The summed E-state index contributed by atoms with van der Waals surface area (Å²) in [5.74, 6) is 0.426. The molecule has 4 nitrogen and oxygen atoms in total. The highest BCUT2D eigenvalue weighted by molar-refractivity contribution is 6.00. The first-order chi connectivity index (χ1) is 12.1. The van der Waals surface area contributed by atoms with Crippen molar-refractivity contribution in [3.63, 3.8) is 0 Å². The Morgan fingerprint density at radius 2 is 1.68 bits per heavy atom. The smallest absolute Gasteiger partial charge is 0.224 e. The quantitative estimate of drug-likeness (QED) is 0.677. The maximum Gasteiger partial charge on any atom is 0.224 e. The molecule has 1 amide bonds. The van der Waals surface area contributed by atoms with Crippen molar-refractivity contribution in [1.29, 1.82) is 0 Å². The molecule has 0 aromatic heterocycles. The Bertz CT molecular complexity index is 707. The summed E-state index contributed by atoms with van der Waals surface area (Å²) in [5, 5.41) is 2.81. The van der Waals surface area contributed by atoms with Gasteiger partial charge in [0.2, 0.25) is 5.91 Å². The van der Waals surface area contributed by atoms with Crippen LogP contribution in [0.5, 0.6) is 5.75 Å². The summed E-state index contributed by atoms with van der Waals surface area (Å²) in [5.41, 5.74) is 2.51. The second-order valence-electron chi connectivity index (χ2n) is 5.85. The minimum absolute atomic E-state index is 0.0173. The number of carbonyl (C=O) groups is 2. The van der Waals surface area contributed by atoms with Crippen LogP contribution in [0.4, 0.5) is 5.69 Å². The molecule has 0 spiro atoms. The molecule has 0 atom stereocenters. The highest BCUT2D eigenvalue weighted by Gasteiger charge is 2.11. The lowest BCUT2D eigenvalue weighted by molar-refractivity contribution is -0.116. The summed E-state index contributed by atoms with van der Waals surface area (Å²) in [6, 6.07) is 14.9. The van der Waals surface area contributed by atoms with Gasteiger partial charge in [0.1, 0.15) is 5.75 Å². The molecule has 0 unspecified atom stereocenters. The van der Waals surface area contributed by atoms with Gasteiger partial charge in [-0.2, -0.15) is 0 Å². The monoisotopic (exact) mass is 339 g/mol. The fourth-order valence-corrected chi connectivity index (χ4v) is 2.58. The number of ether oxygens (including phenoxy) is 1. The molecule has 2 rings (SSSR count). The number of nitrogens with one attached hydrogen (secondary N) is 1. The number of amides is 1. The van der Waals surface area contributed by atoms with Gasteiger partial charge in [-0.05, 0) is 31.0 Å².